The predicted octanol–water partition coefficient (Wildman–Crippen LogP) is -1.56. The number of amides is 1. The number of aliphatic hydroxyl groups is 3. The SMILES string of the molecule is NNC(=O)COc1ccccc1C(O)C(O)CO. The zero-order valence-electron chi connectivity index (χ0n) is 9.61. The van der Waals surface area contributed by atoms with Crippen molar-refractivity contribution in [2.24, 2.45) is 5.84 Å². The Balaban J connectivity index is 2.82. The van der Waals surface area contributed by atoms with Gasteiger partial charge in [-0.15, -0.1) is 0 Å². The van der Waals surface area contributed by atoms with Gasteiger partial charge in [0.1, 0.15) is 18.0 Å². The van der Waals surface area contributed by atoms with Crippen molar-refractivity contribution in [2.45, 2.75) is 12.2 Å². The minimum absolute atomic E-state index is 0.237. The Kier molecular flexibility index (Phi) is 5.53. The van der Waals surface area contributed by atoms with E-state index in [0.717, 1.165) is 0 Å². The average Bonchev–Trinajstić information content (AvgIpc) is 2.43. The summed E-state index contributed by atoms with van der Waals surface area (Å²) in [4.78, 5) is 10.9. The number of ether oxygens (including phenoxy) is 1. The quantitative estimate of drug-likeness (QED) is 0.238. The van der Waals surface area contributed by atoms with Crippen LogP contribution in [0.3, 0.4) is 0 Å². The smallest absolute Gasteiger partial charge is 0.271 e. The van der Waals surface area contributed by atoms with Crippen molar-refractivity contribution in [1.82, 2.24) is 5.43 Å². The zero-order chi connectivity index (χ0) is 13.5. The minimum Gasteiger partial charge on any atom is -0.483 e. The lowest BCUT2D eigenvalue weighted by Gasteiger charge is -2.19. The summed E-state index contributed by atoms with van der Waals surface area (Å²) in [6, 6.07) is 6.35. The number of hydrazine groups is 1. The fourth-order valence-corrected chi connectivity index (χ4v) is 1.35. The van der Waals surface area contributed by atoms with Crippen LogP contribution in [0.4, 0.5) is 0 Å². The maximum atomic E-state index is 10.9. The highest BCUT2D eigenvalue weighted by Crippen LogP contribution is 2.27. The molecule has 1 amide bonds. The molecule has 0 aromatic heterocycles. The third-order valence-corrected chi connectivity index (χ3v) is 2.31. The van der Waals surface area contributed by atoms with Crippen LogP contribution in [0.2, 0.25) is 0 Å². The highest BCUT2D eigenvalue weighted by Gasteiger charge is 2.21. The van der Waals surface area contributed by atoms with Gasteiger partial charge in [-0.2, -0.15) is 0 Å². The largest absolute Gasteiger partial charge is 0.483 e. The molecule has 7 nitrogen and oxygen atoms in total. The number of benzene rings is 1. The van der Waals surface area contributed by atoms with Gasteiger partial charge in [-0.1, -0.05) is 18.2 Å². The first-order valence-electron chi connectivity index (χ1n) is 5.28. The van der Waals surface area contributed by atoms with E-state index in [9.17, 15) is 15.0 Å². The van der Waals surface area contributed by atoms with Crippen LogP contribution in [-0.2, 0) is 4.79 Å². The predicted molar refractivity (Wildman–Crippen MR) is 62.3 cm³/mol. The van der Waals surface area contributed by atoms with E-state index in [2.05, 4.69) is 0 Å². The van der Waals surface area contributed by atoms with Crippen LogP contribution >= 0.6 is 0 Å². The van der Waals surface area contributed by atoms with Crippen molar-refractivity contribution in [3.63, 3.8) is 0 Å². The molecular formula is C11H16N2O5. The number of rotatable bonds is 6. The van der Waals surface area contributed by atoms with Gasteiger partial charge in [-0.25, -0.2) is 5.84 Å². The third-order valence-electron chi connectivity index (χ3n) is 2.31. The van der Waals surface area contributed by atoms with E-state index in [1.807, 2.05) is 5.43 Å². The molecule has 0 radical (unpaired) electrons. The van der Waals surface area contributed by atoms with E-state index in [-0.39, 0.29) is 17.9 Å². The lowest BCUT2D eigenvalue weighted by Crippen LogP contribution is -2.34. The molecule has 1 aromatic rings. The summed E-state index contributed by atoms with van der Waals surface area (Å²) in [5, 5.41) is 27.9. The fourth-order valence-electron chi connectivity index (χ4n) is 1.35. The number of hydrogen-bond acceptors (Lipinski definition) is 6. The Hall–Kier alpha value is -1.67. The van der Waals surface area contributed by atoms with Crippen LogP contribution in [0.15, 0.2) is 24.3 Å². The lowest BCUT2D eigenvalue weighted by atomic mass is 10.0. The molecule has 0 saturated carbocycles. The highest BCUT2D eigenvalue weighted by molar-refractivity contribution is 5.76. The molecule has 0 fully saturated rings. The van der Waals surface area contributed by atoms with Gasteiger partial charge in [0, 0.05) is 5.56 Å². The van der Waals surface area contributed by atoms with Crippen LogP contribution < -0.4 is 16.0 Å². The van der Waals surface area contributed by atoms with Gasteiger partial charge in [0.25, 0.3) is 5.91 Å². The number of carbonyl (C=O) groups excluding carboxylic acids is 1. The van der Waals surface area contributed by atoms with Gasteiger partial charge in [-0.3, -0.25) is 10.2 Å². The second kappa shape index (κ2) is 6.92. The highest BCUT2D eigenvalue weighted by atomic mass is 16.5. The van der Waals surface area contributed by atoms with Crippen LogP contribution in [-0.4, -0.2) is 40.5 Å². The molecular weight excluding hydrogens is 240 g/mol. The topological polar surface area (TPSA) is 125 Å². The molecule has 7 heteroatoms. The van der Waals surface area contributed by atoms with Gasteiger partial charge in [0.2, 0.25) is 0 Å². The molecule has 1 aromatic carbocycles. The van der Waals surface area contributed by atoms with Crippen LogP contribution in [0.25, 0.3) is 0 Å². The fraction of sp³-hybridized carbons (Fsp3) is 0.364. The molecule has 0 spiro atoms. The Labute approximate surface area is 104 Å². The molecule has 100 valence electrons. The van der Waals surface area contributed by atoms with E-state index in [4.69, 9.17) is 15.7 Å². The van der Waals surface area contributed by atoms with E-state index in [1.54, 1.807) is 12.1 Å². The summed E-state index contributed by atoms with van der Waals surface area (Å²) in [5.41, 5.74) is 2.18. The molecule has 18 heavy (non-hydrogen) atoms. The molecule has 1 rings (SSSR count). The Morgan fingerprint density at radius 2 is 2.06 bits per heavy atom. The second-order valence-electron chi connectivity index (χ2n) is 3.59. The molecule has 0 aliphatic heterocycles. The van der Waals surface area contributed by atoms with Crippen molar-refractivity contribution in [1.29, 1.82) is 0 Å². The van der Waals surface area contributed by atoms with E-state index >= 15 is 0 Å². The number of aliphatic hydroxyl groups excluding tert-OH is 3. The number of nitrogens with two attached hydrogens (primary N) is 1. The number of para-hydroxylation sites is 1. The number of hydrogen-bond donors (Lipinski definition) is 5. The van der Waals surface area contributed by atoms with Crippen molar-refractivity contribution >= 4 is 5.91 Å². The summed E-state index contributed by atoms with van der Waals surface area (Å²) in [5.74, 6) is 4.61. The first-order valence-corrected chi connectivity index (χ1v) is 5.28. The summed E-state index contributed by atoms with van der Waals surface area (Å²) in [7, 11) is 0. The second-order valence-corrected chi connectivity index (χ2v) is 3.59. The molecule has 0 bridgehead atoms. The zero-order valence-corrected chi connectivity index (χ0v) is 9.61. The van der Waals surface area contributed by atoms with Gasteiger partial charge in [0.05, 0.1) is 6.61 Å². The van der Waals surface area contributed by atoms with Crippen molar-refractivity contribution in [3.05, 3.63) is 29.8 Å². The van der Waals surface area contributed by atoms with E-state index in [0.29, 0.717) is 0 Å². The van der Waals surface area contributed by atoms with Crippen LogP contribution in [0, 0.1) is 0 Å². The molecule has 0 saturated heterocycles. The monoisotopic (exact) mass is 256 g/mol. The Morgan fingerprint density at radius 1 is 1.39 bits per heavy atom. The molecule has 0 aliphatic rings. The van der Waals surface area contributed by atoms with Crippen molar-refractivity contribution < 1.29 is 24.9 Å². The third kappa shape index (κ3) is 3.67. The van der Waals surface area contributed by atoms with Gasteiger partial charge < -0.3 is 20.1 Å². The molecule has 2 unspecified atom stereocenters. The summed E-state index contributed by atoms with van der Waals surface area (Å²) < 4.78 is 5.16. The van der Waals surface area contributed by atoms with Gasteiger partial charge in [0.15, 0.2) is 6.61 Å². The molecule has 2 atom stereocenters. The summed E-state index contributed by atoms with van der Waals surface area (Å²) >= 11 is 0. The first-order chi connectivity index (χ1) is 8.60. The standard InChI is InChI=1S/C11H16N2O5/c12-13-10(16)6-18-9-4-2-1-3-7(9)11(17)8(15)5-14/h1-4,8,11,14-15,17H,5-6,12H2,(H,13,16). The maximum absolute atomic E-state index is 10.9. The molecule has 0 heterocycles. The first kappa shape index (κ1) is 14.4. The van der Waals surface area contributed by atoms with Crippen LogP contribution in [0.1, 0.15) is 11.7 Å². The molecule has 0 aliphatic carbocycles. The summed E-state index contributed by atoms with van der Waals surface area (Å²) in [6.07, 6.45) is -2.62. The molecule has 6 N–H and O–H groups in total. The van der Waals surface area contributed by atoms with Gasteiger partial charge >= 0.3 is 0 Å². The minimum atomic E-state index is -1.32. The van der Waals surface area contributed by atoms with Crippen molar-refractivity contribution in [3.8, 4) is 5.75 Å². The van der Waals surface area contributed by atoms with E-state index in [1.165, 1.54) is 12.1 Å². The van der Waals surface area contributed by atoms with Crippen LogP contribution in [0.5, 0.6) is 5.75 Å². The average molecular weight is 256 g/mol. The van der Waals surface area contributed by atoms with Gasteiger partial charge in [-0.05, 0) is 6.07 Å². The summed E-state index contributed by atoms with van der Waals surface area (Å²) in [6.45, 7) is -0.895. The Bertz CT molecular complexity index is 399. The lowest BCUT2D eigenvalue weighted by molar-refractivity contribution is -0.123. The Morgan fingerprint density at radius 3 is 2.67 bits per heavy atom. The number of carbonyl (C=O) groups is 1. The van der Waals surface area contributed by atoms with E-state index < -0.39 is 24.7 Å². The number of nitrogens with one attached hydrogen (secondary N) is 1. The maximum Gasteiger partial charge on any atom is 0.271 e. The normalized spacial score (nSPS) is 13.8. The van der Waals surface area contributed by atoms with Crippen molar-refractivity contribution in [2.75, 3.05) is 13.2 Å².